The lowest BCUT2D eigenvalue weighted by Crippen LogP contribution is -2.34. The number of hydrogen-bond acceptors (Lipinski definition) is 6. The highest BCUT2D eigenvalue weighted by molar-refractivity contribution is 6.23. The number of benzene rings is 4. The minimum absolute atomic E-state index is 0.119. The second-order valence-corrected chi connectivity index (χ2v) is 10.9. The number of aryl methyl sites for hydroxylation is 1. The summed E-state index contributed by atoms with van der Waals surface area (Å²) in [5.41, 5.74) is 0.776. The first kappa shape index (κ1) is 27.2. The molecule has 1 aromatic heterocycles. The first-order valence-corrected chi connectivity index (χ1v) is 14.3. The molecule has 1 aliphatic heterocycles. The minimum atomic E-state index is -0.524. The summed E-state index contributed by atoms with van der Waals surface area (Å²) in [5, 5.41) is 7.88. The number of aromatic amines is 1. The number of unbranched alkanes of at least 4 members (excludes halogenated alkanes) is 2. The van der Waals surface area contributed by atoms with Crippen LogP contribution in [-0.4, -0.2) is 34.8 Å². The quantitative estimate of drug-likeness (QED) is 0.130. The summed E-state index contributed by atoms with van der Waals surface area (Å²) in [5.74, 6) is -0.370. The monoisotopic (exact) mass is 554 g/mol. The zero-order chi connectivity index (χ0) is 28.3. The van der Waals surface area contributed by atoms with E-state index in [4.69, 9.17) is 14.2 Å². The van der Waals surface area contributed by atoms with Crippen molar-refractivity contribution in [3.05, 3.63) is 92.8 Å². The minimum Gasteiger partial charge on any atom is -0.463 e. The number of H-pyrrole nitrogens is 1. The van der Waals surface area contributed by atoms with Crippen molar-refractivity contribution in [1.29, 1.82) is 0 Å². The van der Waals surface area contributed by atoms with Crippen molar-refractivity contribution in [2.45, 2.75) is 64.4 Å². The standard InChI is InChI=1S/C33H34N2O6/c1-21(36)40-20-27-14-16-29(41-27)35-18-26(32(37)34-33(35)38)19-39-17-4-2-3-6-22-9-10-25-12-11-23-7-5-8-24-13-15-28(22)31(25)30(23)24/h5,7-13,15,18,27,29H,2-4,6,14,16-17,19-20H2,1H3,(H,34,37,38). The molecule has 2 unspecified atom stereocenters. The zero-order valence-electron chi connectivity index (χ0n) is 23.2. The largest absolute Gasteiger partial charge is 0.463 e. The lowest BCUT2D eigenvalue weighted by Gasteiger charge is -2.16. The van der Waals surface area contributed by atoms with Gasteiger partial charge in [0.05, 0.1) is 18.3 Å². The molecule has 0 spiro atoms. The average molecular weight is 555 g/mol. The molecule has 2 heterocycles. The van der Waals surface area contributed by atoms with Gasteiger partial charge in [0.2, 0.25) is 0 Å². The first-order chi connectivity index (χ1) is 20.0. The first-order valence-electron chi connectivity index (χ1n) is 14.3. The zero-order valence-corrected chi connectivity index (χ0v) is 23.2. The summed E-state index contributed by atoms with van der Waals surface area (Å²) in [6.45, 7) is 2.14. The number of carbonyl (C=O) groups is 1. The van der Waals surface area contributed by atoms with Crippen LogP contribution in [0.1, 0.15) is 56.4 Å². The predicted molar refractivity (Wildman–Crippen MR) is 158 cm³/mol. The van der Waals surface area contributed by atoms with Crippen molar-refractivity contribution in [3.63, 3.8) is 0 Å². The lowest BCUT2D eigenvalue weighted by molar-refractivity contribution is -0.145. The van der Waals surface area contributed by atoms with Crippen molar-refractivity contribution in [2.24, 2.45) is 0 Å². The maximum atomic E-state index is 12.4. The topological polar surface area (TPSA) is 99.6 Å². The van der Waals surface area contributed by atoms with Crippen LogP contribution in [-0.2, 0) is 32.0 Å². The molecule has 4 aromatic carbocycles. The summed E-state index contributed by atoms with van der Waals surface area (Å²) < 4.78 is 18.1. The number of nitrogens with one attached hydrogen (secondary N) is 1. The van der Waals surface area contributed by atoms with Gasteiger partial charge in [-0.05, 0) is 70.0 Å². The van der Waals surface area contributed by atoms with Crippen LogP contribution in [0, 0.1) is 0 Å². The van der Waals surface area contributed by atoms with Crippen LogP contribution in [0.3, 0.4) is 0 Å². The van der Waals surface area contributed by atoms with E-state index in [2.05, 4.69) is 59.6 Å². The van der Waals surface area contributed by atoms with Gasteiger partial charge in [-0.25, -0.2) is 4.79 Å². The molecule has 0 amide bonds. The van der Waals surface area contributed by atoms with Crippen LogP contribution in [0.15, 0.2) is 70.4 Å². The van der Waals surface area contributed by atoms with Crippen molar-refractivity contribution in [3.8, 4) is 0 Å². The highest BCUT2D eigenvalue weighted by Gasteiger charge is 2.28. The number of ether oxygens (including phenoxy) is 3. The Hall–Kier alpha value is -4.01. The molecule has 8 nitrogen and oxygen atoms in total. The van der Waals surface area contributed by atoms with Crippen molar-refractivity contribution in [2.75, 3.05) is 13.2 Å². The number of rotatable bonds is 11. The van der Waals surface area contributed by atoms with E-state index in [0.717, 1.165) is 25.7 Å². The summed E-state index contributed by atoms with van der Waals surface area (Å²) >= 11 is 0. The normalized spacial score (nSPS) is 17.2. The van der Waals surface area contributed by atoms with Crippen LogP contribution in [0.25, 0.3) is 32.3 Å². The van der Waals surface area contributed by atoms with E-state index in [1.54, 1.807) is 0 Å². The van der Waals surface area contributed by atoms with Crippen LogP contribution < -0.4 is 11.2 Å². The van der Waals surface area contributed by atoms with Gasteiger partial charge in [0, 0.05) is 19.7 Å². The fraction of sp³-hybridized carbons (Fsp3) is 0.364. The Kier molecular flexibility index (Phi) is 7.85. The van der Waals surface area contributed by atoms with Gasteiger partial charge in [-0.15, -0.1) is 0 Å². The molecule has 1 fully saturated rings. The van der Waals surface area contributed by atoms with Gasteiger partial charge in [-0.1, -0.05) is 61.0 Å². The van der Waals surface area contributed by atoms with E-state index in [1.807, 2.05) is 0 Å². The molecule has 0 saturated carbocycles. The Bertz CT molecular complexity index is 1790. The fourth-order valence-electron chi connectivity index (χ4n) is 5.96. The van der Waals surface area contributed by atoms with Crippen molar-refractivity contribution < 1.29 is 19.0 Å². The van der Waals surface area contributed by atoms with E-state index in [-0.39, 0.29) is 25.3 Å². The van der Waals surface area contributed by atoms with E-state index >= 15 is 0 Å². The van der Waals surface area contributed by atoms with Gasteiger partial charge < -0.3 is 14.2 Å². The Morgan fingerprint density at radius 3 is 2.49 bits per heavy atom. The molecule has 0 bridgehead atoms. The van der Waals surface area contributed by atoms with Crippen LogP contribution >= 0.6 is 0 Å². The lowest BCUT2D eigenvalue weighted by atomic mass is 9.90. The highest BCUT2D eigenvalue weighted by Crippen LogP contribution is 2.36. The average Bonchev–Trinajstić information content (AvgIpc) is 3.44. The second kappa shape index (κ2) is 11.8. The van der Waals surface area contributed by atoms with E-state index in [9.17, 15) is 14.4 Å². The maximum absolute atomic E-state index is 12.4. The molecule has 8 heteroatoms. The van der Waals surface area contributed by atoms with Crippen molar-refractivity contribution in [1.82, 2.24) is 9.55 Å². The number of aromatic nitrogens is 2. The summed E-state index contributed by atoms with van der Waals surface area (Å²) in [4.78, 5) is 38.2. The van der Waals surface area contributed by atoms with Gasteiger partial charge in [-0.3, -0.25) is 19.1 Å². The third kappa shape index (κ3) is 5.76. The third-order valence-electron chi connectivity index (χ3n) is 8.02. The molecule has 212 valence electrons. The molecule has 41 heavy (non-hydrogen) atoms. The van der Waals surface area contributed by atoms with Crippen LogP contribution in [0.2, 0.25) is 0 Å². The van der Waals surface area contributed by atoms with Gasteiger partial charge >= 0.3 is 11.7 Å². The van der Waals surface area contributed by atoms with Crippen LogP contribution in [0.5, 0.6) is 0 Å². The Morgan fingerprint density at radius 2 is 1.68 bits per heavy atom. The molecule has 0 aliphatic carbocycles. The predicted octanol–water partition coefficient (Wildman–Crippen LogP) is 5.60. The van der Waals surface area contributed by atoms with Gasteiger partial charge in [0.25, 0.3) is 5.56 Å². The van der Waals surface area contributed by atoms with Gasteiger partial charge in [0.15, 0.2) is 0 Å². The second-order valence-electron chi connectivity index (χ2n) is 10.9. The molecule has 1 N–H and O–H groups in total. The summed E-state index contributed by atoms with van der Waals surface area (Å²) in [7, 11) is 0. The smallest absolute Gasteiger partial charge is 0.330 e. The van der Waals surface area contributed by atoms with Crippen LogP contribution in [0.4, 0.5) is 0 Å². The number of esters is 1. The van der Waals surface area contributed by atoms with Crippen molar-refractivity contribution >= 4 is 38.3 Å². The molecule has 2 atom stereocenters. The molecular weight excluding hydrogens is 520 g/mol. The molecule has 1 saturated heterocycles. The summed E-state index contributed by atoms with van der Waals surface area (Å²) in [6.07, 6.45) is 5.92. The number of carbonyl (C=O) groups excluding carboxylic acids is 1. The van der Waals surface area contributed by atoms with Gasteiger partial charge in [0.1, 0.15) is 12.8 Å². The molecule has 1 aliphatic rings. The number of nitrogens with zero attached hydrogens (tertiary/aromatic N) is 1. The van der Waals surface area contributed by atoms with E-state index in [1.165, 1.54) is 55.6 Å². The Balaban J connectivity index is 1.01. The molecule has 0 radical (unpaired) electrons. The summed E-state index contributed by atoms with van der Waals surface area (Å²) in [6, 6.07) is 19.9. The molecule has 5 aromatic rings. The highest BCUT2D eigenvalue weighted by atomic mass is 16.6. The fourth-order valence-corrected chi connectivity index (χ4v) is 5.96. The SMILES string of the molecule is CC(=O)OCC1CCC(n2cc(COCCCCCc3ccc4ccc5cccc6ccc3c4c56)c(=O)[nH]c2=O)O1. The van der Waals surface area contributed by atoms with Gasteiger partial charge in [-0.2, -0.15) is 0 Å². The Morgan fingerprint density at radius 1 is 0.927 bits per heavy atom. The van der Waals surface area contributed by atoms with E-state index in [0.29, 0.717) is 25.0 Å². The third-order valence-corrected chi connectivity index (χ3v) is 8.02. The molecule has 6 rings (SSSR count). The number of hydrogen-bond donors (Lipinski definition) is 1. The van der Waals surface area contributed by atoms with E-state index < -0.39 is 17.5 Å². The Labute approximate surface area is 237 Å². The molecular formula is C33H34N2O6. The maximum Gasteiger partial charge on any atom is 0.330 e.